The maximum Gasteiger partial charge on any atom is 0.217 e. The predicted molar refractivity (Wildman–Crippen MR) is 134 cm³/mol. The summed E-state index contributed by atoms with van der Waals surface area (Å²) in [6.45, 7) is 4.16. The molecule has 1 spiro atoms. The molecule has 1 aliphatic heterocycles. The van der Waals surface area contributed by atoms with Gasteiger partial charge < -0.3 is 14.6 Å². The number of aryl methyl sites for hydroxylation is 1. The molecule has 8 heteroatoms. The largest absolute Gasteiger partial charge is 0.473 e. The third-order valence-corrected chi connectivity index (χ3v) is 8.30. The molecule has 8 nitrogen and oxygen atoms in total. The molecular formula is C27H39N5O3. The zero-order valence-electron chi connectivity index (χ0n) is 21.4. The van der Waals surface area contributed by atoms with Gasteiger partial charge in [-0.2, -0.15) is 4.98 Å². The van der Waals surface area contributed by atoms with E-state index in [1.54, 1.807) is 0 Å². The van der Waals surface area contributed by atoms with Crippen LogP contribution in [0.15, 0.2) is 10.6 Å². The van der Waals surface area contributed by atoms with E-state index in [1.807, 2.05) is 13.1 Å². The first-order valence-electron chi connectivity index (χ1n) is 13.4. The van der Waals surface area contributed by atoms with Crippen LogP contribution in [0.5, 0.6) is 5.88 Å². The summed E-state index contributed by atoms with van der Waals surface area (Å²) in [5.41, 5.74) is 2.16. The summed E-state index contributed by atoms with van der Waals surface area (Å²) in [5.74, 6) is 2.24. The lowest BCUT2D eigenvalue weighted by atomic mass is 9.64. The van der Waals surface area contributed by atoms with Crippen LogP contribution >= 0.6 is 0 Å². The maximum atomic E-state index is 13.1. The molecule has 0 radical (unpaired) electrons. The van der Waals surface area contributed by atoms with Gasteiger partial charge in [-0.05, 0) is 91.9 Å². The van der Waals surface area contributed by atoms with Crippen LogP contribution in [-0.2, 0) is 23.1 Å². The summed E-state index contributed by atoms with van der Waals surface area (Å²) >= 11 is 0. The topological polar surface area (TPSA) is 93.4 Å². The lowest BCUT2D eigenvalue weighted by Crippen LogP contribution is -2.41. The maximum absolute atomic E-state index is 13.1. The molecule has 35 heavy (non-hydrogen) atoms. The van der Waals surface area contributed by atoms with E-state index in [-0.39, 0.29) is 6.10 Å². The van der Waals surface area contributed by atoms with Gasteiger partial charge in [0.15, 0.2) is 17.3 Å². The van der Waals surface area contributed by atoms with Gasteiger partial charge in [0, 0.05) is 29.8 Å². The first-order chi connectivity index (χ1) is 17.0. The molecule has 0 unspecified atom stereocenters. The number of nitrogens with zero attached hydrogens (tertiary/aromatic N) is 4. The Kier molecular flexibility index (Phi) is 7.21. The summed E-state index contributed by atoms with van der Waals surface area (Å²) < 4.78 is 12.4. The molecule has 2 aliphatic carbocycles. The number of Topliss-reactive ketones (excluding diaryl/α,β-unsaturated/α-hetero) is 1. The second-order valence-corrected chi connectivity index (χ2v) is 10.6. The standard InChI is InChI=1S/C27H39N5O3/c1-18(21-11-8-16-32(21)3)34-23-17-19(9-7-15-28-2)29-26(30-23)24-20-10-6-14-27(25(20)35-31-24)13-5-4-12-22(27)33/h17-18,21,28H,4-16H2,1-3H3/t18-,21-,27+/m0/s1. The van der Waals surface area contributed by atoms with Crippen molar-refractivity contribution in [3.05, 3.63) is 23.1 Å². The van der Waals surface area contributed by atoms with Gasteiger partial charge in [-0.15, -0.1) is 0 Å². The Balaban J connectivity index is 1.48. The molecule has 2 fully saturated rings. The van der Waals surface area contributed by atoms with E-state index in [2.05, 4.69) is 29.3 Å². The highest BCUT2D eigenvalue weighted by Gasteiger charge is 2.48. The molecule has 3 atom stereocenters. The van der Waals surface area contributed by atoms with Crippen LogP contribution in [-0.4, -0.2) is 65.1 Å². The summed E-state index contributed by atoms with van der Waals surface area (Å²) in [6.07, 6.45) is 10.4. The number of hydrogen-bond donors (Lipinski definition) is 1. The summed E-state index contributed by atoms with van der Waals surface area (Å²) in [4.78, 5) is 25.1. The van der Waals surface area contributed by atoms with E-state index in [0.29, 0.717) is 35.6 Å². The number of ketones is 1. The van der Waals surface area contributed by atoms with Crippen molar-refractivity contribution in [2.45, 2.75) is 95.1 Å². The number of carbonyl (C=O) groups excluding carboxylic acids is 1. The Bertz CT molecular complexity index is 1050. The molecule has 5 rings (SSSR count). The highest BCUT2D eigenvalue weighted by atomic mass is 16.5. The van der Waals surface area contributed by atoms with Gasteiger partial charge in [-0.3, -0.25) is 9.69 Å². The first-order valence-corrected chi connectivity index (χ1v) is 13.4. The Morgan fingerprint density at radius 1 is 1.23 bits per heavy atom. The van der Waals surface area contributed by atoms with Gasteiger partial charge in [0.1, 0.15) is 11.9 Å². The first kappa shape index (κ1) is 24.4. The molecule has 1 saturated heterocycles. The third kappa shape index (κ3) is 4.75. The number of fused-ring (bicyclic) bond motifs is 2. The quantitative estimate of drug-likeness (QED) is 0.568. The highest BCUT2D eigenvalue weighted by molar-refractivity contribution is 5.91. The average molecular weight is 482 g/mol. The second-order valence-electron chi connectivity index (χ2n) is 10.6. The zero-order chi connectivity index (χ0) is 24.4. The number of rotatable bonds is 8. The molecule has 0 bridgehead atoms. The van der Waals surface area contributed by atoms with Crippen molar-refractivity contribution in [2.75, 3.05) is 27.2 Å². The molecule has 1 saturated carbocycles. The van der Waals surface area contributed by atoms with E-state index >= 15 is 0 Å². The molecule has 2 aromatic heterocycles. The lowest BCUT2D eigenvalue weighted by molar-refractivity contribution is -0.128. The Morgan fingerprint density at radius 3 is 2.86 bits per heavy atom. The fourth-order valence-corrected chi connectivity index (χ4v) is 6.38. The van der Waals surface area contributed by atoms with Gasteiger partial charge in [-0.25, -0.2) is 4.98 Å². The van der Waals surface area contributed by atoms with Crippen molar-refractivity contribution >= 4 is 5.78 Å². The van der Waals surface area contributed by atoms with E-state index in [4.69, 9.17) is 19.2 Å². The van der Waals surface area contributed by atoms with Crippen LogP contribution in [0.25, 0.3) is 11.5 Å². The van der Waals surface area contributed by atoms with Crippen molar-refractivity contribution in [3.63, 3.8) is 0 Å². The number of nitrogens with one attached hydrogen (secondary N) is 1. The smallest absolute Gasteiger partial charge is 0.217 e. The molecule has 3 heterocycles. The van der Waals surface area contributed by atoms with E-state index in [9.17, 15) is 4.79 Å². The summed E-state index contributed by atoms with van der Waals surface area (Å²) in [6, 6.07) is 2.36. The fourth-order valence-electron chi connectivity index (χ4n) is 6.38. The fraction of sp³-hybridized carbons (Fsp3) is 0.704. The molecule has 0 amide bonds. The Morgan fingerprint density at radius 2 is 2.09 bits per heavy atom. The number of likely N-dealkylation sites (N-methyl/N-ethyl adjacent to an activating group) is 1. The summed E-state index contributed by atoms with van der Waals surface area (Å²) in [7, 11) is 4.12. The molecule has 2 aromatic rings. The Hall–Kier alpha value is -2.32. The molecule has 0 aromatic carbocycles. The zero-order valence-corrected chi connectivity index (χ0v) is 21.4. The SMILES string of the molecule is CNCCCc1cc(O[C@@H](C)[C@@H]2CCCN2C)nc(-c2noc3c2CCC[C@@]32CCCCC2=O)n1. The minimum absolute atomic E-state index is 0.0322. The van der Waals surface area contributed by atoms with Gasteiger partial charge in [0.05, 0.1) is 5.41 Å². The van der Waals surface area contributed by atoms with Crippen LogP contribution in [0.2, 0.25) is 0 Å². The monoisotopic (exact) mass is 481 g/mol. The average Bonchev–Trinajstić information content (AvgIpc) is 3.48. The highest BCUT2D eigenvalue weighted by Crippen LogP contribution is 2.47. The number of likely N-dealkylation sites (tertiary alicyclic amines) is 1. The van der Waals surface area contributed by atoms with E-state index in [0.717, 1.165) is 87.9 Å². The molecule has 190 valence electrons. The van der Waals surface area contributed by atoms with Crippen LogP contribution in [0.1, 0.15) is 81.7 Å². The minimum Gasteiger partial charge on any atom is -0.473 e. The van der Waals surface area contributed by atoms with Gasteiger partial charge in [0.25, 0.3) is 0 Å². The minimum atomic E-state index is -0.498. The number of ether oxygens (including phenoxy) is 1. The normalized spacial score (nSPS) is 25.7. The van der Waals surface area contributed by atoms with Gasteiger partial charge in [-0.1, -0.05) is 11.6 Å². The van der Waals surface area contributed by atoms with Crippen LogP contribution in [0.4, 0.5) is 0 Å². The number of hydrogen-bond acceptors (Lipinski definition) is 8. The van der Waals surface area contributed by atoms with Crippen LogP contribution in [0, 0.1) is 0 Å². The number of aromatic nitrogens is 3. The number of carbonyl (C=O) groups is 1. The summed E-state index contributed by atoms with van der Waals surface area (Å²) in [5, 5.41) is 7.68. The molecule has 1 N–H and O–H groups in total. The third-order valence-electron chi connectivity index (χ3n) is 8.30. The molecular weight excluding hydrogens is 442 g/mol. The van der Waals surface area contributed by atoms with Crippen molar-refractivity contribution in [1.82, 2.24) is 25.3 Å². The van der Waals surface area contributed by atoms with Gasteiger partial charge >= 0.3 is 0 Å². The van der Waals surface area contributed by atoms with E-state index in [1.165, 1.54) is 6.42 Å². The van der Waals surface area contributed by atoms with Crippen LogP contribution < -0.4 is 10.1 Å². The Labute approximate surface area is 208 Å². The predicted octanol–water partition coefficient (Wildman–Crippen LogP) is 3.86. The van der Waals surface area contributed by atoms with E-state index < -0.39 is 5.41 Å². The second kappa shape index (κ2) is 10.3. The van der Waals surface area contributed by atoms with Crippen molar-refractivity contribution in [2.24, 2.45) is 0 Å². The van der Waals surface area contributed by atoms with Gasteiger partial charge in [0.2, 0.25) is 5.88 Å². The van der Waals surface area contributed by atoms with Crippen molar-refractivity contribution < 1.29 is 14.1 Å². The van der Waals surface area contributed by atoms with Crippen LogP contribution in [0.3, 0.4) is 0 Å². The van der Waals surface area contributed by atoms with Crippen molar-refractivity contribution in [3.8, 4) is 17.4 Å². The van der Waals surface area contributed by atoms with Crippen molar-refractivity contribution in [1.29, 1.82) is 0 Å². The molecule has 3 aliphatic rings. The lowest BCUT2D eigenvalue weighted by Gasteiger charge is -2.36.